The molecule has 2 aliphatic heterocycles. The van der Waals surface area contributed by atoms with E-state index in [9.17, 15) is 9.59 Å². The van der Waals surface area contributed by atoms with Gasteiger partial charge in [-0.05, 0) is 23.1 Å². The first-order valence-electron chi connectivity index (χ1n) is 10.3. The Kier molecular flexibility index (Phi) is 4.19. The van der Waals surface area contributed by atoms with Crippen molar-refractivity contribution in [3.05, 3.63) is 71.4 Å². The van der Waals surface area contributed by atoms with Crippen LogP contribution in [0.4, 0.5) is 0 Å². The molecule has 0 radical (unpaired) electrons. The number of para-hydroxylation sites is 1. The van der Waals surface area contributed by atoms with Gasteiger partial charge in [0.15, 0.2) is 0 Å². The molecule has 2 aliphatic rings. The maximum absolute atomic E-state index is 13.4. The minimum absolute atomic E-state index is 0.0217. The van der Waals surface area contributed by atoms with Crippen LogP contribution in [0.5, 0.6) is 0 Å². The summed E-state index contributed by atoms with van der Waals surface area (Å²) in [5, 5.41) is 1.14. The van der Waals surface area contributed by atoms with Crippen LogP contribution in [-0.2, 0) is 16.0 Å². The van der Waals surface area contributed by atoms with Crippen molar-refractivity contribution < 1.29 is 9.59 Å². The highest BCUT2D eigenvalue weighted by atomic mass is 16.2. The van der Waals surface area contributed by atoms with Crippen molar-refractivity contribution in [1.82, 2.24) is 14.8 Å². The van der Waals surface area contributed by atoms with E-state index in [1.165, 1.54) is 0 Å². The summed E-state index contributed by atoms with van der Waals surface area (Å²) >= 11 is 0. The fourth-order valence-corrected chi connectivity index (χ4v) is 4.90. The molecule has 1 saturated heterocycles. The van der Waals surface area contributed by atoms with Crippen LogP contribution >= 0.6 is 0 Å². The minimum Gasteiger partial charge on any atom is -0.356 e. The van der Waals surface area contributed by atoms with Gasteiger partial charge in [0.2, 0.25) is 11.8 Å². The van der Waals surface area contributed by atoms with E-state index in [1.807, 2.05) is 47.4 Å². The Morgan fingerprint density at radius 3 is 2.52 bits per heavy atom. The zero-order valence-corrected chi connectivity index (χ0v) is 16.8. The lowest BCUT2D eigenvalue weighted by molar-refractivity contribution is -0.159. The molecule has 148 valence electrons. The summed E-state index contributed by atoms with van der Waals surface area (Å²) in [4.78, 5) is 33.8. The van der Waals surface area contributed by atoms with Crippen LogP contribution in [0.2, 0.25) is 0 Å². The Morgan fingerprint density at radius 2 is 1.76 bits per heavy atom. The summed E-state index contributed by atoms with van der Waals surface area (Å²) in [5.41, 5.74) is 4.27. The molecule has 5 rings (SSSR count). The molecule has 3 aromatic rings. The highest BCUT2D eigenvalue weighted by molar-refractivity contribution is 5.97. The van der Waals surface area contributed by atoms with E-state index in [1.54, 1.807) is 4.90 Å². The number of carbonyl (C=O) groups is 2. The number of fused-ring (bicyclic) bond motifs is 4. The molecule has 2 aromatic carbocycles. The second-order valence-corrected chi connectivity index (χ2v) is 8.51. The summed E-state index contributed by atoms with van der Waals surface area (Å²) < 4.78 is 0. The zero-order chi connectivity index (χ0) is 20.1. The molecule has 2 atom stereocenters. The van der Waals surface area contributed by atoms with Crippen molar-refractivity contribution in [1.29, 1.82) is 0 Å². The van der Waals surface area contributed by atoms with Gasteiger partial charge in [0.25, 0.3) is 0 Å². The molecule has 0 saturated carbocycles. The number of nitrogens with zero attached hydrogens (tertiary/aromatic N) is 2. The number of rotatable bonds is 3. The van der Waals surface area contributed by atoms with Gasteiger partial charge in [0.1, 0.15) is 6.04 Å². The molecule has 0 bridgehead atoms. The predicted molar refractivity (Wildman–Crippen MR) is 112 cm³/mol. The molecule has 1 N–H and O–H groups in total. The standard InChI is InChI=1S/C24H25N3O2/c1-15(2)13-26-14-21(28)27-20(24(26)29)12-18-17-10-6-7-11-19(17)25-22(18)23(27)16-8-4-3-5-9-16/h3-11,15,20,23,25H,12-14H2,1-2H3/t20?,23-/m1/s1. The third-order valence-corrected chi connectivity index (χ3v) is 6.04. The molecule has 1 unspecified atom stereocenters. The van der Waals surface area contributed by atoms with Crippen LogP contribution in [0.1, 0.15) is 36.7 Å². The minimum atomic E-state index is -0.452. The van der Waals surface area contributed by atoms with Gasteiger partial charge in [-0.25, -0.2) is 0 Å². The largest absolute Gasteiger partial charge is 0.356 e. The SMILES string of the molecule is CC(C)CN1CC(=O)N2C(Cc3c([nH]c4ccccc34)[C@H]2c2ccccc2)C1=O. The van der Waals surface area contributed by atoms with Crippen LogP contribution in [0.25, 0.3) is 10.9 Å². The lowest BCUT2D eigenvalue weighted by Crippen LogP contribution is -2.63. The van der Waals surface area contributed by atoms with Gasteiger partial charge in [-0.15, -0.1) is 0 Å². The average Bonchev–Trinajstić information content (AvgIpc) is 3.09. The first-order valence-corrected chi connectivity index (χ1v) is 10.3. The van der Waals surface area contributed by atoms with Crippen LogP contribution < -0.4 is 0 Å². The summed E-state index contributed by atoms with van der Waals surface area (Å²) in [6.45, 7) is 4.93. The van der Waals surface area contributed by atoms with Gasteiger partial charge < -0.3 is 14.8 Å². The van der Waals surface area contributed by atoms with Gasteiger partial charge in [0, 0.05) is 29.6 Å². The smallest absolute Gasteiger partial charge is 0.246 e. The van der Waals surface area contributed by atoms with Gasteiger partial charge in [0.05, 0.1) is 12.6 Å². The number of amides is 2. The van der Waals surface area contributed by atoms with Crippen molar-refractivity contribution in [2.75, 3.05) is 13.1 Å². The number of carbonyl (C=O) groups excluding carboxylic acids is 2. The Balaban J connectivity index is 1.68. The summed E-state index contributed by atoms with van der Waals surface area (Å²) in [5.74, 6) is 0.416. The van der Waals surface area contributed by atoms with Crippen molar-refractivity contribution >= 4 is 22.7 Å². The van der Waals surface area contributed by atoms with Crippen LogP contribution in [-0.4, -0.2) is 45.7 Å². The number of piperazine rings is 1. The van der Waals surface area contributed by atoms with E-state index >= 15 is 0 Å². The Morgan fingerprint density at radius 1 is 1.03 bits per heavy atom. The number of aromatic amines is 1. The highest BCUT2D eigenvalue weighted by Crippen LogP contribution is 2.42. The van der Waals surface area contributed by atoms with Crippen LogP contribution in [0, 0.1) is 5.92 Å². The predicted octanol–water partition coefficient (Wildman–Crippen LogP) is 3.51. The molecular weight excluding hydrogens is 362 g/mol. The molecule has 3 heterocycles. The van der Waals surface area contributed by atoms with Crippen molar-refractivity contribution in [3.8, 4) is 0 Å². The Bertz CT molecular complexity index is 1090. The molecule has 5 heteroatoms. The lowest BCUT2D eigenvalue weighted by atomic mass is 9.86. The summed E-state index contributed by atoms with van der Waals surface area (Å²) in [6.07, 6.45) is 0.557. The molecule has 1 fully saturated rings. The lowest BCUT2D eigenvalue weighted by Gasteiger charge is -2.47. The molecule has 0 aliphatic carbocycles. The first kappa shape index (κ1) is 18.0. The van der Waals surface area contributed by atoms with E-state index in [0.717, 1.165) is 27.7 Å². The molecule has 1 aromatic heterocycles. The van der Waals surface area contributed by atoms with E-state index in [4.69, 9.17) is 0 Å². The van der Waals surface area contributed by atoms with Gasteiger partial charge in [-0.2, -0.15) is 0 Å². The maximum Gasteiger partial charge on any atom is 0.246 e. The average molecular weight is 387 g/mol. The van der Waals surface area contributed by atoms with Crippen molar-refractivity contribution in [3.63, 3.8) is 0 Å². The number of hydrogen-bond acceptors (Lipinski definition) is 2. The fraction of sp³-hybridized carbons (Fsp3) is 0.333. The van der Waals surface area contributed by atoms with E-state index in [-0.39, 0.29) is 24.4 Å². The number of aromatic nitrogens is 1. The third-order valence-electron chi connectivity index (χ3n) is 6.04. The van der Waals surface area contributed by atoms with Crippen LogP contribution in [0.3, 0.4) is 0 Å². The number of hydrogen-bond donors (Lipinski definition) is 1. The summed E-state index contributed by atoms with van der Waals surface area (Å²) in [7, 11) is 0. The van der Waals surface area contributed by atoms with Gasteiger partial charge in [-0.1, -0.05) is 62.4 Å². The molecule has 0 spiro atoms. The van der Waals surface area contributed by atoms with E-state index in [0.29, 0.717) is 18.9 Å². The Hall–Kier alpha value is -3.08. The quantitative estimate of drug-likeness (QED) is 0.748. The van der Waals surface area contributed by atoms with Crippen molar-refractivity contribution in [2.24, 2.45) is 5.92 Å². The number of nitrogens with one attached hydrogen (secondary N) is 1. The van der Waals surface area contributed by atoms with Crippen LogP contribution in [0.15, 0.2) is 54.6 Å². The van der Waals surface area contributed by atoms with E-state index in [2.05, 4.69) is 31.0 Å². The summed E-state index contributed by atoms with van der Waals surface area (Å²) in [6, 6.07) is 17.5. The van der Waals surface area contributed by atoms with Gasteiger partial charge in [-0.3, -0.25) is 9.59 Å². The van der Waals surface area contributed by atoms with E-state index < -0.39 is 6.04 Å². The normalized spacial score (nSPS) is 21.6. The van der Waals surface area contributed by atoms with Gasteiger partial charge >= 0.3 is 0 Å². The molecule has 29 heavy (non-hydrogen) atoms. The molecular formula is C24H25N3O2. The highest BCUT2D eigenvalue weighted by Gasteiger charge is 2.48. The fourth-order valence-electron chi connectivity index (χ4n) is 4.90. The Labute approximate surface area is 170 Å². The monoisotopic (exact) mass is 387 g/mol. The maximum atomic E-state index is 13.4. The molecule has 2 amide bonds. The second kappa shape index (κ2) is 6.76. The second-order valence-electron chi connectivity index (χ2n) is 8.51. The topological polar surface area (TPSA) is 56.4 Å². The molecule has 5 nitrogen and oxygen atoms in total. The first-order chi connectivity index (χ1) is 14.0. The zero-order valence-electron chi connectivity index (χ0n) is 16.8. The van der Waals surface area contributed by atoms with Crippen molar-refractivity contribution in [2.45, 2.75) is 32.4 Å². The third kappa shape index (κ3) is 2.84. The number of benzene rings is 2. The number of H-pyrrole nitrogens is 1.